The summed E-state index contributed by atoms with van der Waals surface area (Å²) >= 11 is 0. The number of aromatic nitrogens is 2. The number of rotatable bonds is 1. The Morgan fingerprint density at radius 3 is 2.81 bits per heavy atom. The van der Waals surface area contributed by atoms with Crippen molar-refractivity contribution in [3.8, 4) is 0 Å². The van der Waals surface area contributed by atoms with Crippen LogP contribution in [0, 0.1) is 0 Å². The van der Waals surface area contributed by atoms with Crippen LogP contribution in [0.25, 0.3) is 0 Å². The van der Waals surface area contributed by atoms with Crippen molar-refractivity contribution in [2.45, 2.75) is 31.8 Å². The molecule has 0 aliphatic carbocycles. The van der Waals surface area contributed by atoms with Gasteiger partial charge in [-0.1, -0.05) is 0 Å². The molecule has 16 heavy (non-hydrogen) atoms. The monoisotopic (exact) mass is 224 g/mol. The van der Waals surface area contributed by atoms with E-state index in [0.29, 0.717) is 5.69 Å². The third-order valence-corrected chi connectivity index (χ3v) is 3.30. The number of hydrogen-bond donors (Lipinski definition) is 2. The normalized spacial score (nSPS) is 26.8. The maximum atomic E-state index is 10.0. The van der Waals surface area contributed by atoms with Crippen molar-refractivity contribution in [2.24, 2.45) is 7.05 Å². The third-order valence-electron chi connectivity index (χ3n) is 3.30. The predicted molar refractivity (Wildman–Crippen MR) is 64.3 cm³/mol. The molecule has 1 saturated heterocycles. The lowest BCUT2D eigenvalue weighted by molar-refractivity contribution is 0.0481. The van der Waals surface area contributed by atoms with E-state index in [-0.39, 0.29) is 0 Å². The Balaban J connectivity index is 2.17. The van der Waals surface area contributed by atoms with Crippen LogP contribution in [-0.2, 0) is 7.05 Å². The summed E-state index contributed by atoms with van der Waals surface area (Å²) in [5.74, 6) is 0.970. The third kappa shape index (κ3) is 2.14. The van der Waals surface area contributed by atoms with Crippen molar-refractivity contribution < 1.29 is 5.11 Å². The molecule has 1 atom stereocenters. The number of hydrogen-bond acceptors (Lipinski definition) is 4. The first-order valence-corrected chi connectivity index (χ1v) is 5.74. The number of aliphatic hydroxyl groups is 1. The fraction of sp³-hybridized carbons (Fsp3) is 0.727. The van der Waals surface area contributed by atoms with Gasteiger partial charge in [0.25, 0.3) is 0 Å². The zero-order valence-electron chi connectivity index (χ0n) is 9.98. The Labute approximate surface area is 95.8 Å². The SMILES string of the molecule is Cn1ncc(N)c1N1CCC[C@](C)(O)CC1. The quantitative estimate of drug-likeness (QED) is 0.738. The molecule has 5 nitrogen and oxygen atoms in total. The van der Waals surface area contributed by atoms with Gasteiger partial charge in [0, 0.05) is 20.1 Å². The minimum atomic E-state index is -0.540. The minimum absolute atomic E-state index is 0.540. The highest BCUT2D eigenvalue weighted by Crippen LogP contribution is 2.28. The number of nitrogens with two attached hydrogens (primary N) is 1. The standard InChI is InChI=1S/C11H20N4O/c1-11(16)4-3-6-15(7-5-11)10-9(12)8-13-14(10)2/h8,16H,3-7,12H2,1-2H3/t11-/m0/s1. The molecule has 0 aromatic carbocycles. The average Bonchev–Trinajstić information content (AvgIpc) is 2.43. The highest BCUT2D eigenvalue weighted by atomic mass is 16.3. The fourth-order valence-electron chi connectivity index (χ4n) is 2.31. The van der Waals surface area contributed by atoms with Crippen LogP contribution < -0.4 is 10.6 Å². The first-order chi connectivity index (χ1) is 7.49. The second-order valence-electron chi connectivity index (χ2n) is 4.88. The molecule has 0 bridgehead atoms. The Hall–Kier alpha value is -1.23. The van der Waals surface area contributed by atoms with E-state index in [4.69, 9.17) is 5.73 Å². The van der Waals surface area contributed by atoms with Gasteiger partial charge in [-0.05, 0) is 26.2 Å². The van der Waals surface area contributed by atoms with Crippen LogP contribution in [0.4, 0.5) is 11.5 Å². The number of aryl methyl sites for hydroxylation is 1. The molecule has 0 saturated carbocycles. The van der Waals surface area contributed by atoms with Crippen LogP contribution in [0.3, 0.4) is 0 Å². The van der Waals surface area contributed by atoms with Crippen LogP contribution in [-0.4, -0.2) is 33.6 Å². The van der Waals surface area contributed by atoms with E-state index >= 15 is 0 Å². The molecule has 0 spiro atoms. The van der Waals surface area contributed by atoms with Crippen LogP contribution >= 0.6 is 0 Å². The van der Waals surface area contributed by atoms with Gasteiger partial charge < -0.3 is 15.7 Å². The molecule has 1 fully saturated rings. The van der Waals surface area contributed by atoms with Crippen LogP contribution in [0.1, 0.15) is 26.2 Å². The maximum absolute atomic E-state index is 10.0. The van der Waals surface area contributed by atoms with Crippen molar-refractivity contribution in [1.82, 2.24) is 9.78 Å². The van der Waals surface area contributed by atoms with Gasteiger partial charge in [0.05, 0.1) is 17.5 Å². The summed E-state index contributed by atoms with van der Waals surface area (Å²) in [5, 5.41) is 14.2. The van der Waals surface area contributed by atoms with Crippen LogP contribution in [0.2, 0.25) is 0 Å². The minimum Gasteiger partial charge on any atom is -0.394 e. The maximum Gasteiger partial charge on any atom is 0.150 e. The van der Waals surface area contributed by atoms with Crippen molar-refractivity contribution in [2.75, 3.05) is 23.7 Å². The predicted octanol–water partition coefficient (Wildman–Crippen LogP) is 0.744. The topological polar surface area (TPSA) is 67.3 Å². The summed E-state index contributed by atoms with van der Waals surface area (Å²) in [6.07, 6.45) is 4.29. The van der Waals surface area contributed by atoms with E-state index in [1.54, 1.807) is 10.9 Å². The Morgan fingerprint density at radius 1 is 1.44 bits per heavy atom. The zero-order chi connectivity index (χ0) is 11.8. The number of anilines is 2. The molecule has 2 rings (SSSR count). The molecule has 1 aliphatic heterocycles. The largest absolute Gasteiger partial charge is 0.394 e. The smallest absolute Gasteiger partial charge is 0.150 e. The molecule has 0 radical (unpaired) electrons. The van der Waals surface area contributed by atoms with Gasteiger partial charge in [-0.25, -0.2) is 0 Å². The molecule has 1 aliphatic rings. The molecule has 0 unspecified atom stereocenters. The van der Waals surface area contributed by atoms with E-state index in [1.807, 2.05) is 14.0 Å². The van der Waals surface area contributed by atoms with E-state index in [9.17, 15) is 5.11 Å². The Kier molecular flexibility index (Phi) is 2.80. The molecular weight excluding hydrogens is 204 g/mol. The van der Waals surface area contributed by atoms with Gasteiger partial charge in [-0.3, -0.25) is 4.68 Å². The average molecular weight is 224 g/mol. The van der Waals surface area contributed by atoms with Crippen molar-refractivity contribution in [3.05, 3.63) is 6.20 Å². The van der Waals surface area contributed by atoms with Crippen molar-refractivity contribution in [3.63, 3.8) is 0 Å². The molecule has 5 heteroatoms. The highest BCUT2D eigenvalue weighted by molar-refractivity contribution is 5.62. The summed E-state index contributed by atoms with van der Waals surface area (Å²) in [5.41, 5.74) is 6.08. The second-order valence-corrected chi connectivity index (χ2v) is 4.88. The molecule has 90 valence electrons. The highest BCUT2D eigenvalue weighted by Gasteiger charge is 2.26. The number of nitrogen functional groups attached to an aromatic ring is 1. The Bertz CT molecular complexity index is 353. The second kappa shape index (κ2) is 3.97. The van der Waals surface area contributed by atoms with Gasteiger partial charge in [0.1, 0.15) is 5.82 Å². The van der Waals surface area contributed by atoms with E-state index in [1.165, 1.54) is 0 Å². The van der Waals surface area contributed by atoms with Gasteiger partial charge in [-0.2, -0.15) is 5.10 Å². The van der Waals surface area contributed by atoms with Gasteiger partial charge >= 0.3 is 0 Å². The first kappa shape index (κ1) is 11.3. The van der Waals surface area contributed by atoms with Crippen molar-refractivity contribution in [1.29, 1.82) is 0 Å². The lowest BCUT2D eigenvalue weighted by Gasteiger charge is -2.24. The zero-order valence-corrected chi connectivity index (χ0v) is 9.98. The summed E-state index contributed by atoms with van der Waals surface area (Å²) in [6, 6.07) is 0. The molecule has 1 aromatic rings. The van der Waals surface area contributed by atoms with E-state index < -0.39 is 5.60 Å². The molecule has 3 N–H and O–H groups in total. The molecular formula is C11H20N4O. The van der Waals surface area contributed by atoms with Gasteiger partial charge in [0.2, 0.25) is 0 Å². The molecule has 1 aromatic heterocycles. The molecule has 2 heterocycles. The summed E-state index contributed by atoms with van der Waals surface area (Å²) in [7, 11) is 1.90. The van der Waals surface area contributed by atoms with Gasteiger partial charge in [-0.15, -0.1) is 0 Å². The lowest BCUT2D eigenvalue weighted by atomic mass is 9.98. The summed E-state index contributed by atoms with van der Waals surface area (Å²) < 4.78 is 1.80. The number of nitrogens with zero attached hydrogens (tertiary/aromatic N) is 3. The van der Waals surface area contributed by atoms with Crippen LogP contribution in [0.5, 0.6) is 0 Å². The van der Waals surface area contributed by atoms with Gasteiger partial charge in [0.15, 0.2) is 0 Å². The Morgan fingerprint density at radius 2 is 2.19 bits per heavy atom. The fourth-order valence-corrected chi connectivity index (χ4v) is 2.31. The molecule has 0 amide bonds. The van der Waals surface area contributed by atoms with E-state index in [2.05, 4.69) is 10.00 Å². The van der Waals surface area contributed by atoms with Crippen LogP contribution in [0.15, 0.2) is 6.20 Å². The summed E-state index contributed by atoms with van der Waals surface area (Å²) in [4.78, 5) is 2.21. The van der Waals surface area contributed by atoms with E-state index in [0.717, 1.165) is 38.2 Å². The summed E-state index contributed by atoms with van der Waals surface area (Å²) in [6.45, 7) is 3.67. The lowest BCUT2D eigenvalue weighted by Crippen LogP contribution is -2.29. The first-order valence-electron chi connectivity index (χ1n) is 5.74. The van der Waals surface area contributed by atoms with Crippen molar-refractivity contribution >= 4 is 11.5 Å².